The lowest BCUT2D eigenvalue weighted by atomic mass is 9.72. The van der Waals surface area contributed by atoms with Crippen LogP contribution in [0.4, 0.5) is 10.5 Å². The summed E-state index contributed by atoms with van der Waals surface area (Å²) in [6.45, 7) is 7.30. The van der Waals surface area contributed by atoms with Crippen molar-refractivity contribution in [2.75, 3.05) is 38.5 Å². The monoisotopic (exact) mass is 710 g/mol. The Hall–Kier alpha value is -2.81. The van der Waals surface area contributed by atoms with Gasteiger partial charge in [0.15, 0.2) is 11.8 Å². The minimum absolute atomic E-state index is 0.0663. The van der Waals surface area contributed by atoms with Gasteiger partial charge in [0.1, 0.15) is 40.3 Å². The third kappa shape index (κ3) is 8.31. The molecule has 2 saturated heterocycles. The number of fused-ring (bicyclic) bond motifs is 6. The number of carbonyl (C=O) groups excluding carboxylic acids is 3. The first-order valence-corrected chi connectivity index (χ1v) is 16.9. The first-order chi connectivity index (χ1) is 22.6. The topological polar surface area (TPSA) is 142 Å². The minimum atomic E-state index is -1.82. The second-order valence-electron chi connectivity index (χ2n) is 13.1. The number of rotatable bonds is 8. The molecule has 1 unspecified atom stereocenters. The van der Waals surface area contributed by atoms with Crippen LogP contribution in [0.25, 0.3) is 0 Å². The van der Waals surface area contributed by atoms with Gasteiger partial charge in [0.25, 0.3) is 0 Å². The van der Waals surface area contributed by atoms with E-state index >= 15 is 0 Å². The summed E-state index contributed by atoms with van der Waals surface area (Å²) in [4.78, 5) is 41.4. The molecule has 4 aliphatic rings. The SMILES string of the molecule is COc1cc2cc(c1Cl)N(C)C(=O)C[C@H](OC(=O)[C@H](C)OCCCS)[C@@]1(C)CC(C)(O1)[C@@H]1C[C@@](O)(NC(=O)O1)[C@H](OC)/C=C/C=C(\C)C2. The van der Waals surface area contributed by atoms with Crippen LogP contribution in [0.2, 0.25) is 5.02 Å². The third-order valence-electron chi connectivity index (χ3n) is 9.12. The van der Waals surface area contributed by atoms with Gasteiger partial charge in [0, 0.05) is 33.6 Å². The number of esters is 1. The molecule has 48 heavy (non-hydrogen) atoms. The molecule has 2 N–H and O–H groups in total. The predicted molar refractivity (Wildman–Crippen MR) is 183 cm³/mol. The van der Waals surface area contributed by atoms with Crippen molar-refractivity contribution < 1.29 is 47.9 Å². The van der Waals surface area contributed by atoms with Crippen molar-refractivity contribution in [1.29, 1.82) is 0 Å². The maximum absolute atomic E-state index is 14.0. The highest BCUT2D eigenvalue weighted by atomic mass is 35.5. The van der Waals surface area contributed by atoms with Crippen molar-refractivity contribution in [1.82, 2.24) is 5.32 Å². The highest BCUT2D eigenvalue weighted by Crippen LogP contribution is 2.50. The first-order valence-electron chi connectivity index (χ1n) is 15.9. The second kappa shape index (κ2) is 15.4. The molecule has 14 heteroatoms. The van der Waals surface area contributed by atoms with Crippen LogP contribution < -0.4 is 15.0 Å². The van der Waals surface area contributed by atoms with E-state index in [4.69, 9.17) is 40.0 Å². The lowest BCUT2D eigenvalue weighted by Crippen LogP contribution is -2.72. The number of alkyl carbamates (subject to hydrolysis) is 1. The van der Waals surface area contributed by atoms with Crippen LogP contribution in [0, 0.1) is 0 Å². The van der Waals surface area contributed by atoms with Crippen LogP contribution in [0.15, 0.2) is 35.9 Å². The lowest BCUT2D eigenvalue weighted by molar-refractivity contribution is -0.328. The van der Waals surface area contributed by atoms with Crippen molar-refractivity contribution in [3.05, 3.63) is 46.5 Å². The van der Waals surface area contributed by atoms with Crippen molar-refractivity contribution in [2.45, 2.75) is 101 Å². The number of thiol groups is 1. The molecular formula is C34H47ClN2O10S. The molecule has 0 radical (unpaired) electrons. The molecule has 1 aromatic carbocycles. The summed E-state index contributed by atoms with van der Waals surface area (Å²) < 4.78 is 34.9. The van der Waals surface area contributed by atoms with Crippen LogP contribution in [-0.4, -0.2) is 98.0 Å². The van der Waals surface area contributed by atoms with Gasteiger partial charge in [-0.25, -0.2) is 9.59 Å². The summed E-state index contributed by atoms with van der Waals surface area (Å²) in [6, 6.07) is 3.61. The van der Waals surface area contributed by atoms with Crippen LogP contribution in [0.5, 0.6) is 5.75 Å². The van der Waals surface area contributed by atoms with Gasteiger partial charge in [-0.3, -0.25) is 10.1 Å². The number of aliphatic hydroxyl groups is 1. The molecular weight excluding hydrogens is 664 g/mol. The highest BCUT2D eigenvalue weighted by Gasteiger charge is 2.63. The molecule has 266 valence electrons. The van der Waals surface area contributed by atoms with E-state index in [0.29, 0.717) is 36.6 Å². The molecule has 0 spiro atoms. The summed E-state index contributed by atoms with van der Waals surface area (Å²) in [5, 5.41) is 14.4. The summed E-state index contributed by atoms with van der Waals surface area (Å²) in [6.07, 6.45) is 1.65. The van der Waals surface area contributed by atoms with E-state index in [0.717, 1.165) is 11.1 Å². The van der Waals surface area contributed by atoms with E-state index in [-0.39, 0.29) is 24.3 Å². The van der Waals surface area contributed by atoms with E-state index in [1.165, 1.54) is 19.1 Å². The zero-order chi connectivity index (χ0) is 35.4. The number of carbonyl (C=O) groups is 3. The van der Waals surface area contributed by atoms with Crippen molar-refractivity contribution in [2.24, 2.45) is 0 Å². The van der Waals surface area contributed by atoms with Gasteiger partial charge in [0.05, 0.1) is 19.2 Å². The Kier molecular flexibility index (Phi) is 12.2. The van der Waals surface area contributed by atoms with Crippen LogP contribution >= 0.6 is 24.2 Å². The molecule has 0 aliphatic carbocycles. The van der Waals surface area contributed by atoms with Crippen molar-refractivity contribution in [3.8, 4) is 5.75 Å². The van der Waals surface area contributed by atoms with Crippen LogP contribution in [0.3, 0.4) is 0 Å². The molecule has 12 nitrogen and oxygen atoms in total. The maximum Gasteiger partial charge on any atom is 0.409 e. The van der Waals surface area contributed by atoms with Gasteiger partial charge in [-0.15, -0.1) is 0 Å². The molecule has 6 bridgehead atoms. The second-order valence-corrected chi connectivity index (χ2v) is 13.9. The van der Waals surface area contributed by atoms with Gasteiger partial charge in [-0.05, 0) is 64.0 Å². The molecule has 4 aliphatic heterocycles. The van der Waals surface area contributed by atoms with Crippen molar-refractivity contribution in [3.63, 3.8) is 0 Å². The van der Waals surface area contributed by atoms with Gasteiger partial charge in [0.2, 0.25) is 5.91 Å². The zero-order valence-corrected chi connectivity index (χ0v) is 30.2. The Labute approximate surface area is 292 Å². The van der Waals surface area contributed by atoms with E-state index < -0.39 is 59.3 Å². The molecule has 5 rings (SSSR count). The average Bonchev–Trinajstić information content (AvgIpc) is 3.01. The van der Waals surface area contributed by atoms with E-state index in [1.54, 1.807) is 46.0 Å². The van der Waals surface area contributed by atoms with Gasteiger partial charge in [-0.1, -0.05) is 35.4 Å². The summed E-state index contributed by atoms with van der Waals surface area (Å²) in [5.41, 5.74) is -1.90. The Morgan fingerprint density at radius 2 is 1.96 bits per heavy atom. The number of halogens is 1. The Bertz CT molecular complexity index is 1430. The normalized spacial score (nSPS) is 33.3. The highest BCUT2D eigenvalue weighted by molar-refractivity contribution is 7.80. The number of allylic oxidation sites excluding steroid dienone is 3. The minimum Gasteiger partial charge on any atom is -0.495 e. The summed E-state index contributed by atoms with van der Waals surface area (Å²) in [7, 11) is 4.53. The van der Waals surface area contributed by atoms with Crippen molar-refractivity contribution >= 4 is 47.9 Å². The number of hydrogen-bond donors (Lipinski definition) is 3. The number of methoxy groups -OCH3 is 2. The fraction of sp³-hybridized carbons (Fsp3) is 0.618. The van der Waals surface area contributed by atoms with Crippen LogP contribution in [-0.2, 0) is 39.7 Å². The van der Waals surface area contributed by atoms with E-state index in [2.05, 4.69) is 17.9 Å². The Balaban J connectivity index is 1.76. The number of nitrogens with one attached hydrogen (secondary N) is 1. The summed E-state index contributed by atoms with van der Waals surface area (Å²) >= 11 is 10.9. The zero-order valence-electron chi connectivity index (χ0n) is 28.5. The number of nitrogens with zero attached hydrogens (tertiary/aromatic N) is 1. The lowest BCUT2D eigenvalue weighted by Gasteiger charge is -2.59. The summed E-state index contributed by atoms with van der Waals surface area (Å²) in [5.74, 6) is -0.0665. The predicted octanol–water partition coefficient (Wildman–Crippen LogP) is 4.54. The fourth-order valence-corrected chi connectivity index (χ4v) is 6.97. The number of anilines is 1. The molecule has 0 aromatic heterocycles. The number of ether oxygens (including phenoxy) is 6. The van der Waals surface area contributed by atoms with Gasteiger partial charge < -0.3 is 38.4 Å². The molecule has 2 fully saturated rings. The van der Waals surface area contributed by atoms with E-state index in [1.807, 2.05) is 19.1 Å². The smallest absolute Gasteiger partial charge is 0.409 e. The van der Waals surface area contributed by atoms with E-state index in [9.17, 15) is 19.5 Å². The standard InChI is InChI=1S/C34H47ClN2O10S/c1-20-10-8-11-25(43-7)34(41)18-27(46-31(40)36-34)33(4)19-32(3,47-33)26(45-30(39)21(2)44-12-9-13-48)17-28(38)37(5)23-15-22(14-20)16-24(42-6)29(23)35/h8,10-11,15-16,21,25-27,41,48H,9,12-14,17-19H2,1-7H3,(H,36,40)/b11-8+,20-10+/t21-,25+,26-,27-,32+,33?,34-/m0/s1. The molecule has 0 saturated carbocycles. The fourth-order valence-electron chi connectivity index (χ4n) is 6.53. The van der Waals surface area contributed by atoms with Gasteiger partial charge in [-0.2, -0.15) is 12.6 Å². The molecule has 4 heterocycles. The third-order valence-corrected chi connectivity index (χ3v) is 9.82. The number of amides is 2. The quantitative estimate of drug-likeness (QED) is 0.200. The first kappa shape index (κ1) is 38.0. The molecule has 1 aromatic rings. The number of benzene rings is 1. The molecule has 7 atom stereocenters. The maximum atomic E-state index is 14.0. The average molecular weight is 711 g/mol. The Morgan fingerprint density at radius 3 is 2.60 bits per heavy atom. The van der Waals surface area contributed by atoms with Gasteiger partial charge >= 0.3 is 12.1 Å². The van der Waals surface area contributed by atoms with Crippen LogP contribution in [0.1, 0.15) is 58.9 Å². The largest absolute Gasteiger partial charge is 0.495 e. The molecule has 2 amide bonds. The number of hydrogen-bond acceptors (Lipinski definition) is 11. The Morgan fingerprint density at radius 1 is 1.25 bits per heavy atom.